The van der Waals surface area contributed by atoms with Crippen molar-refractivity contribution in [3.63, 3.8) is 0 Å². The molecule has 0 aliphatic heterocycles. The first-order chi connectivity index (χ1) is 8.17. The summed E-state index contributed by atoms with van der Waals surface area (Å²) in [6.45, 7) is 0. The van der Waals surface area contributed by atoms with Crippen LogP contribution < -0.4 is 11.7 Å². The van der Waals surface area contributed by atoms with E-state index in [1.807, 2.05) is 0 Å². The summed E-state index contributed by atoms with van der Waals surface area (Å²) in [5, 5.41) is 15.3. The quantitative estimate of drug-likeness (QED) is 0.324. The van der Waals surface area contributed by atoms with E-state index in [9.17, 15) is 4.79 Å². The van der Waals surface area contributed by atoms with Gasteiger partial charge in [0.25, 0.3) is 0 Å². The van der Waals surface area contributed by atoms with E-state index in [-0.39, 0.29) is 12.4 Å². The van der Waals surface area contributed by atoms with Crippen LogP contribution in [0.1, 0.15) is 11.1 Å². The Morgan fingerprint density at radius 2 is 1.83 bits per heavy atom. The average Bonchev–Trinajstić information content (AvgIpc) is 2.34. The fourth-order valence-electron chi connectivity index (χ4n) is 1.19. The molecule has 6 nitrogen and oxygen atoms in total. The maximum Gasteiger partial charge on any atom is 0.328 e. The SMILES string of the molecule is Cl.NN=CC(=NN)c1ccc(C=CC(=O)O)cc1. The number of carboxylic acid groups (broad SMARTS) is 1. The summed E-state index contributed by atoms with van der Waals surface area (Å²) >= 11 is 0. The number of hydrazone groups is 2. The van der Waals surface area contributed by atoms with Crippen molar-refractivity contribution in [3.8, 4) is 0 Å². The van der Waals surface area contributed by atoms with Gasteiger partial charge in [0, 0.05) is 11.6 Å². The van der Waals surface area contributed by atoms with Crippen LogP contribution in [-0.4, -0.2) is 23.0 Å². The van der Waals surface area contributed by atoms with Crippen molar-refractivity contribution in [1.82, 2.24) is 0 Å². The summed E-state index contributed by atoms with van der Waals surface area (Å²) in [4.78, 5) is 10.3. The molecule has 0 bridgehead atoms. The van der Waals surface area contributed by atoms with Crippen LogP contribution in [0.4, 0.5) is 0 Å². The Hall–Kier alpha value is -2.34. The Balaban J connectivity index is 0.00000289. The van der Waals surface area contributed by atoms with Gasteiger partial charge in [0.1, 0.15) is 5.71 Å². The first kappa shape index (κ1) is 15.7. The molecule has 7 heteroatoms. The minimum Gasteiger partial charge on any atom is -0.478 e. The minimum absolute atomic E-state index is 0. The van der Waals surface area contributed by atoms with E-state index >= 15 is 0 Å². The number of aliphatic carboxylic acids is 1. The van der Waals surface area contributed by atoms with E-state index in [2.05, 4.69) is 10.2 Å². The van der Waals surface area contributed by atoms with Gasteiger partial charge in [0.05, 0.1) is 6.21 Å². The van der Waals surface area contributed by atoms with Crippen LogP contribution in [0.2, 0.25) is 0 Å². The molecule has 0 spiro atoms. The van der Waals surface area contributed by atoms with E-state index in [0.29, 0.717) is 5.71 Å². The van der Waals surface area contributed by atoms with Crippen molar-refractivity contribution >= 4 is 36.4 Å². The van der Waals surface area contributed by atoms with Gasteiger partial charge in [-0.15, -0.1) is 12.4 Å². The molecule has 0 radical (unpaired) electrons. The molecule has 0 fully saturated rings. The van der Waals surface area contributed by atoms with Gasteiger partial charge in [-0.25, -0.2) is 4.79 Å². The predicted octanol–water partition coefficient (Wildman–Crippen LogP) is 0.813. The summed E-state index contributed by atoms with van der Waals surface area (Å²) in [6, 6.07) is 6.97. The maximum atomic E-state index is 10.3. The zero-order chi connectivity index (χ0) is 12.7. The minimum atomic E-state index is -0.992. The molecule has 96 valence electrons. The number of nitrogens with two attached hydrogens (primary N) is 2. The Morgan fingerprint density at radius 3 is 2.28 bits per heavy atom. The van der Waals surface area contributed by atoms with E-state index in [1.165, 1.54) is 12.3 Å². The molecule has 0 aromatic heterocycles. The summed E-state index contributed by atoms with van der Waals surface area (Å²) in [5.41, 5.74) is 1.95. The lowest BCUT2D eigenvalue weighted by atomic mass is 10.1. The fourth-order valence-corrected chi connectivity index (χ4v) is 1.19. The molecular formula is C11H13ClN4O2. The van der Waals surface area contributed by atoms with Crippen LogP contribution in [0.25, 0.3) is 6.08 Å². The second-order valence-corrected chi connectivity index (χ2v) is 3.09. The third-order valence-corrected chi connectivity index (χ3v) is 1.96. The van der Waals surface area contributed by atoms with Crippen LogP contribution in [-0.2, 0) is 4.79 Å². The molecule has 0 aliphatic carbocycles. The topological polar surface area (TPSA) is 114 Å². The Morgan fingerprint density at radius 1 is 1.22 bits per heavy atom. The fraction of sp³-hybridized carbons (Fsp3) is 0. The molecule has 1 rings (SSSR count). The molecule has 0 unspecified atom stereocenters. The predicted molar refractivity (Wildman–Crippen MR) is 73.8 cm³/mol. The zero-order valence-electron chi connectivity index (χ0n) is 9.35. The van der Waals surface area contributed by atoms with Crippen LogP contribution in [0.3, 0.4) is 0 Å². The number of carbonyl (C=O) groups is 1. The van der Waals surface area contributed by atoms with Crippen molar-refractivity contribution in [2.45, 2.75) is 0 Å². The van der Waals surface area contributed by atoms with Gasteiger partial charge < -0.3 is 16.8 Å². The van der Waals surface area contributed by atoms with Crippen LogP contribution in [0, 0.1) is 0 Å². The number of nitrogens with zero attached hydrogens (tertiary/aromatic N) is 2. The van der Waals surface area contributed by atoms with E-state index in [4.69, 9.17) is 16.8 Å². The van der Waals surface area contributed by atoms with Crippen molar-refractivity contribution in [3.05, 3.63) is 41.5 Å². The normalized spacial score (nSPS) is 11.7. The zero-order valence-corrected chi connectivity index (χ0v) is 10.2. The third-order valence-electron chi connectivity index (χ3n) is 1.96. The number of hydrogen-bond acceptors (Lipinski definition) is 5. The molecule has 0 atom stereocenters. The lowest BCUT2D eigenvalue weighted by molar-refractivity contribution is -0.131. The highest BCUT2D eigenvalue weighted by Gasteiger charge is 1.99. The monoisotopic (exact) mass is 268 g/mol. The van der Waals surface area contributed by atoms with Crippen LogP contribution >= 0.6 is 12.4 Å². The number of benzene rings is 1. The molecule has 1 aromatic rings. The largest absolute Gasteiger partial charge is 0.478 e. The summed E-state index contributed by atoms with van der Waals surface area (Å²) in [5.74, 6) is 9.19. The molecule has 0 aliphatic rings. The van der Waals surface area contributed by atoms with Crippen molar-refractivity contribution in [2.24, 2.45) is 21.9 Å². The van der Waals surface area contributed by atoms with E-state index in [1.54, 1.807) is 24.3 Å². The van der Waals surface area contributed by atoms with Gasteiger partial charge >= 0.3 is 5.97 Å². The highest BCUT2D eigenvalue weighted by atomic mass is 35.5. The van der Waals surface area contributed by atoms with Crippen molar-refractivity contribution in [2.75, 3.05) is 0 Å². The number of halogens is 1. The Kier molecular flexibility index (Phi) is 6.83. The summed E-state index contributed by atoms with van der Waals surface area (Å²) in [6.07, 6.45) is 3.89. The van der Waals surface area contributed by atoms with E-state index < -0.39 is 5.97 Å². The third kappa shape index (κ3) is 4.67. The second kappa shape index (κ2) is 7.86. The summed E-state index contributed by atoms with van der Waals surface area (Å²) < 4.78 is 0. The van der Waals surface area contributed by atoms with Gasteiger partial charge in [-0.1, -0.05) is 24.3 Å². The standard InChI is InChI=1S/C11H12N4O2.ClH/c12-14-7-10(15-13)9-4-1-8(2-5-9)3-6-11(16)17;/h1-7H,12-13H2,(H,16,17);1H. The Bertz CT molecular complexity index is 480. The molecule has 0 heterocycles. The van der Waals surface area contributed by atoms with Gasteiger partial charge in [-0.2, -0.15) is 10.2 Å². The van der Waals surface area contributed by atoms with Crippen LogP contribution in [0.15, 0.2) is 40.5 Å². The first-order valence-electron chi connectivity index (χ1n) is 4.70. The van der Waals surface area contributed by atoms with E-state index in [0.717, 1.165) is 17.2 Å². The highest BCUT2D eigenvalue weighted by Crippen LogP contribution is 2.06. The van der Waals surface area contributed by atoms with Gasteiger partial charge in [-0.3, -0.25) is 0 Å². The number of carboxylic acids is 1. The molecule has 0 amide bonds. The van der Waals surface area contributed by atoms with Gasteiger partial charge in [-0.05, 0) is 11.6 Å². The molecule has 0 saturated heterocycles. The average molecular weight is 269 g/mol. The molecule has 1 aromatic carbocycles. The van der Waals surface area contributed by atoms with Crippen LogP contribution in [0.5, 0.6) is 0 Å². The van der Waals surface area contributed by atoms with Crippen molar-refractivity contribution in [1.29, 1.82) is 0 Å². The summed E-state index contributed by atoms with van der Waals surface area (Å²) in [7, 11) is 0. The molecular weight excluding hydrogens is 256 g/mol. The maximum absolute atomic E-state index is 10.3. The number of rotatable bonds is 4. The molecule has 0 saturated carbocycles. The first-order valence-corrected chi connectivity index (χ1v) is 4.70. The lowest BCUT2D eigenvalue weighted by Gasteiger charge is -1.99. The lowest BCUT2D eigenvalue weighted by Crippen LogP contribution is -2.07. The van der Waals surface area contributed by atoms with Gasteiger partial charge in [0.2, 0.25) is 0 Å². The van der Waals surface area contributed by atoms with Gasteiger partial charge in [0.15, 0.2) is 0 Å². The molecule has 18 heavy (non-hydrogen) atoms. The Labute approximate surface area is 110 Å². The second-order valence-electron chi connectivity index (χ2n) is 3.09. The van der Waals surface area contributed by atoms with Crippen molar-refractivity contribution < 1.29 is 9.90 Å². The highest BCUT2D eigenvalue weighted by molar-refractivity contribution is 6.38. The smallest absolute Gasteiger partial charge is 0.328 e. The molecule has 5 N–H and O–H groups in total. The number of hydrogen-bond donors (Lipinski definition) is 3.